The lowest BCUT2D eigenvalue weighted by Crippen LogP contribution is -2.32. The van der Waals surface area contributed by atoms with E-state index in [2.05, 4.69) is 24.1 Å². The number of hydrogen-bond donors (Lipinski definition) is 2. The number of nitrogens with zero attached hydrogens (tertiary/aromatic N) is 2. The maximum atomic E-state index is 11.9. The highest BCUT2D eigenvalue weighted by Gasteiger charge is 2.23. The molecule has 18 heavy (non-hydrogen) atoms. The predicted octanol–water partition coefficient (Wildman–Crippen LogP) is 1.28. The molecule has 0 aliphatic rings. The minimum Gasteiger partial charge on any atom is -0.355 e. The Morgan fingerprint density at radius 3 is 2.67 bits per heavy atom. The molecule has 0 fully saturated rings. The van der Waals surface area contributed by atoms with Crippen molar-refractivity contribution in [3.8, 4) is 0 Å². The SMILES string of the molecule is CCNC(=O)C(C)n1cncc1C(CN)C(C)C. The molecule has 1 amide bonds. The van der Waals surface area contributed by atoms with Gasteiger partial charge in [0.2, 0.25) is 5.91 Å². The maximum Gasteiger partial charge on any atom is 0.242 e. The second-order valence-corrected chi connectivity index (χ2v) is 4.88. The highest BCUT2D eigenvalue weighted by Crippen LogP contribution is 2.25. The van der Waals surface area contributed by atoms with Crippen molar-refractivity contribution in [1.82, 2.24) is 14.9 Å². The first kappa shape index (κ1) is 14.7. The van der Waals surface area contributed by atoms with Gasteiger partial charge in [0.1, 0.15) is 6.04 Å². The van der Waals surface area contributed by atoms with Gasteiger partial charge in [-0.05, 0) is 19.8 Å². The molecule has 5 heteroatoms. The molecule has 0 bridgehead atoms. The van der Waals surface area contributed by atoms with Crippen molar-refractivity contribution < 1.29 is 4.79 Å². The molecule has 2 unspecified atom stereocenters. The van der Waals surface area contributed by atoms with E-state index in [1.807, 2.05) is 24.6 Å². The van der Waals surface area contributed by atoms with Gasteiger partial charge in [-0.2, -0.15) is 0 Å². The van der Waals surface area contributed by atoms with E-state index in [0.29, 0.717) is 19.0 Å². The first-order chi connectivity index (χ1) is 8.52. The van der Waals surface area contributed by atoms with E-state index >= 15 is 0 Å². The molecule has 0 saturated carbocycles. The Kier molecular flexibility index (Phi) is 5.34. The summed E-state index contributed by atoms with van der Waals surface area (Å²) in [5, 5.41) is 2.83. The van der Waals surface area contributed by atoms with Crippen molar-refractivity contribution in [2.24, 2.45) is 11.7 Å². The Balaban J connectivity index is 2.97. The molecule has 1 aromatic rings. The molecule has 1 rings (SSSR count). The summed E-state index contributed by atoms with van der Waals surface area (Å²) in [6.07, 6.45) is 3.52. The van der Waals surface area contributed by atoms with E-state index in [1.54, 1.807) is 6.33 Å². The lowest BCUT2D eigenvalue weighted by atomic mass is 9.92. The van der Waals surface area contributed by atoms with Crippen LogP contribution in [0.25, 0.3) is 0 Å². The first-order valence-corrected chi connectivity index (χ1v) is 6.52. The standard InChI is InChI=1S/C13H24N4O/c1-5-16-13(18)10(4)17-8-15-7-12(17)11(6-14)9(2)3/h7-11H,5-6,14H2,1-4H3,(H,16,18). The van der Waals surface area contributed by atoms with Gasteiger partial charge in [-0.1, -0.05) is 13.8 Å². The fourth-order valence-corrected chi connectivity index (χ4v) is 2.11. The molecule has 102 valence electrons. The van der Waals surface area contributed by atoms with Gasteiger partial charge in [0.15, 0.2) is 0 Å². The minimum atomic E-state index is -0.254. The number of hydrogen-bond acceptors (Lipinski definition) is 3. The van der Waals surface area contributed by atoms with Crippen LogP contribution in [0.5, 0.6) is 0 Å². The lowest BCUT2D eigenvalue weighted by molar-refractivity contribution is -0.123. The van der Waals surface area contributed by atoms with Crippen LogP contribution in [-0.4, -0.2) is 28.5 Å². The third-order valence-electron chi connectivity index (χ3n) is 3.28. The van der Waals surface area contributed by atoms with E-state index in [9.17, 15) is 4.79 Å². The van der Waals surface area contributed by atoms with Crippen LogP contribution in [0.15, 0.2) is 12.5 Å². The third kappa shape index (κ3) is 3.10. The molecule has 3 N–H and O–H groups in total. The zero-order valence-corrected chi connectivity index (χ0v) is 11.7. The fraction of sp³-hybridized carbons (Fsp3) is 0.692. The van der Waals surface area contributed by atoms with Gasteiger partial charge in [-0.15, -0.1) is 0 Å². The predicted molar refractivity (Wildman–Crippen MR) is 72.3 cm³/mol. The van der Waals surface area contributed by atoms with E-state index in [1.165, 1.54) is 0 Å². The highest BCUT2D eigenvalue weighted by molar-refractivity contribution is 5.79. The number of imidazole rings is 1. The topological polar surface area (TPSA) is 72.9 Å². The average molecular weight is 252 g/mol. The van der Waals surface area contributed by atoms with Crippen LogP contribution in [0.3, 0.4) is 0 Å². The summed E-state index contributed by atoms with van der Waals surface area (Å²) >= 11 is 0. The molecular formula is C13H24N4O. The number of likely N-dealkylation sites (N-methyl/N-ethyl adjacent to an activating group) is 1. The number of amides is 1. The summed E-state index contributed by atoms with van der Waals surface area (Å²) in [5.74, 6) is 0.660. The number of carbonyl (C=O) groups is 1. The first-order valence-electron chi connectivity index (χ1n) is 6.52. The summed E-state index contributed by atoms with van der Waals surface area (Å²) in [7, 11) is 0. The van der Waals surface area contributed by atoms with Crippen molar-refractivity contribution in [2.75, 3.05) is 13.1 Å². The summed E-state index contributed by atoms with van der Waals surface area (Å²) in [5.41, 5.74) is 6.86. The van der Waals surface area contributed by atoms with Crippen molar-refractivity contribution in [3.05, 3.63) is 18.2 Å². The minimum absolute atomic E-state index is 0.0104. The number of aromatic nitrogens is 2. The molecule has 0 radical (unpaired) electrons. The van der Waals surface area contributed by atoms with Gasteiger partial charge in [-0.3, -0.25) is 4.79 Å². The summed E-state index contributed by atoms with van der Waals surface area (Å²) in [4.78, 5) is 16.0. The Hall–Kier alpha value is -1.36. The fourth-order valence-electron chi connectivity index (χ4n) is 2.11. The smallest absolute Gasteiger partial charge is 0.242 e. The van der Waals surface area contributed by atoms with Crippen LogP contribution in [0.2, 0.25) is 0 Å². The zero-order chi connectivity index (χ0) is 13.7. The second kappa shape index (κ2) is 6.54. The van der Waals surface area contributed by atoms with Gasteiger partial charge >= 0.3 is 0 Å². The van der Waals surface area contributed by atoms with Crippen molar-refractivity contribution in [3.63, 3.8) is 0 Å². The van der Waals surface area contributed by atoms with E-state index in [0.717, 1.165) is 5.69 Å². The molecular weight excluding hydrogens is 228 g/mol. The monoisotopic (exact) mass is 252 g/mol. The zero-order valence-electron chi connectivity index (χ0n) is 11.7. The molecule has 0 aliphatic heterocycles. The molecule has 5 nitrogen and oxygen atoms in total. The number of rotatable bonds is 6. The van der Waals surface area contributed by atoms with Gasteiger partial charge in [0, 0.05) is 30.9 Å². The molecule has 0 aliphatic carbocycles. The number of nitrogens with two attached hydrogens (primary N) is 1. The Labute approximate surface area is 109 Å². The highest BCUT2D eigenvalue weighted by atomic mass is 16.2. The second-order valence-electron chi connectivity index (χ2n) is 4.88. The molecule has 2 atom stereocenters. The summed E-state index contributed by atoms with van der Waals surface area (Å²) < 4.78 is 1.92. The van der Waals surface area contributed by atoms with Crippen LogP contribution >= 0.6 is 0 Å². The Morgan fingerprint density at radius 2 is 2.17 bits per heavy atom. The summed E-state index contributed by atoms with van der Waals surface area (Å²) in [6, 6.07) is -0.254. The lowest BCUT2D eigenvalue weighted by Gasteiger charge is -2.23. The maximum absolute atomic E-state index is 11.9. The quantitative estimate of drug-likeness (QED) is 0.801. The van der Waals surface area contributed by atoms with Gasteiger partial charge in [0.25, 0.3) is 0 Å². The average Bonchev–Trinajstić information content (AvgIpc) is 2.78. The van der Waals surface area contributed by atoms with E-state index < -0.39 is 0 Å². The molecule has 1 heterocycles. The van der Waals surface area contributed by atoms with Gasteiger partial charge < -0.3 is 15.6 Å². The Bertz CT molecular complexity index is 386. The van der Waals surface area contributed by atoms with Gasteiger partial charge in [-0.25, -0.2) is 4.98 Å². The molecule has 0 aromatic carbocycles. The van der Waals surface area contributed by atoms with Crippen molar-refractivity contribution in [1.29, 1.82) is 0 Å². The Morgan fingerprint density at radius 1 is 1.50 bits per heavy atom. The van der Waals surface area contributed by atoms with Crippen molar-refractivity contribution in [2.45, 2.75) is 39.7 Å². The van der Waals surface area contributed by atoms with Crippen LogP contribution in [0.1, 0.15) is 45.3 Å². The largest absolute Gasteiger partial charge is 0.355 e. The molecule has 0 saturated heterocycles. The van der Waals surface area contributed by atoms with Crippen LogP contribution < -0.4 is 11.1 Å². The molecule has 1 aromatic heterocycles. The normalized spacial score (nSPS) is 14.6. The third-order valence-corrected chi connectivity index (χ3v) is 3.28. The van der Waals surface area contributed by atoms with Crippen LogP contribution in [-0.2, 0) is 4.79 Å². The molecule has 0 spiro atoms. The van der Waals surface area contributed by atoms with Crippen LogP contribution in [0.4, 0.5) is 0 Å². The van der Waals surface area contributed by atoms with Crippen LogP contribution in [0, 0.1) is 5.92 Å². The number of nitrogens with one attached hydrogen (secondary N) is 1. The van der Waals surface area contributed by atoms with E-state index in [-0.39, 0.29) is 17.9 Å². The number of carbonyl (C=O) groups excluding carboxylic acids is 1. The van der Waals surface area contributed by atoms with Gasteiger partial charge in [0.05, 0.1) is 6.33 Å². The van der Waals surface area contributed by atoms with Crippen molar-refractivity contribution >= 4 is 5.91 Å². The summed E-state index contributed by atoms with van der Waals surface area (Å²) in [6.45, 7) is 9.25. The van der Waals surface area contributed by atoms with E-state index in [4.69, 9.17) is 5.73 Å².